The maximum atomic E-state index is 13.6. The van der Waals surface area contributed by atoms with Crippen molar-refractivity contribution in [2.45, 2.75) is 57.8 Å². The van der Waals surface area contributed by atoms with Gasteiger partial charge in [0.15, 0.2) is 11.6 Å². The predicted molar refractivity (Wildman–Crippen MR) is 156 cm³/mol. The highest BCUT2D eigenvalue weighted by Gasteiger charge is 2.40. The second kappa shape index (κ2) is 9.72. The Morgan fingerprint density at radius 3 is 2.51 bits per heavy atom. The van der Waals surface area contributed by atoms with Gasteiger partial charge in [0.1, 0.15) is 5.82 Å². The van der Waals surface area contributed by atoms with E-state index in [2.05, 4.69) is 32.3 Å². The number of aryl methyl sites for hydroxylation is 2. The summed E-state index contributed by atoms with van der Waals surface area (Å²) in [6.45, 7) is 6.01. The van der Waals surface area contributed by atoms with Crippen molar-refractivity contribution in [1.82, 2.24) is 24.5 Å². The Hall–Kier alpha value is -4.19. The summed E-state index contributed by atoms with van der Waals surface area (Å²) in [7, 11) is -2.13. The number of anilines is 2. The van der Waals surface area contributed by atoms with Crippen molar-refractivity contribution in [3.8, 4) is 17.3 Å². The highest BCUT2D eigenvalue weighted by Crippen LogP contribution is 2.51. The minimum Gasteiger partial charge on any atom is -0.492 e. The van der Waals surface area contributed by atoms with Crippen LogP contribution in [0.5, 0.6) is 5.75 Å². The number of ether oxygens (including phenoxy) is 1. The number of rotatable bonds is 9. The third-order valence-electron chi connectivity index (χ3n) is 7.92. The maximum absolute atomic E-state index is 13.6. The molecule has 0 aliphatic heterocycles. The number of methoxy groups -OCH3 is 1. The number of imidazole rings is 1. The van der Waals surface area contributed by atoms with Crippen LogP contribution >= 0.6 is 0 Å². The molecule has 6 rings (SSSR count). The molecule has 12 heteroatoms. The van der Waals surface area contributed by atoms with E-state index in [0.29, 0.717) is 28.7 Å². The number of aromatic nitrogens is 5. The van der Waals surface area contributed by atoms with Crippen LogP contribution in [0.3, 0.4) is 0 Å². The molecule has 0 atom stereocenters. The van der Waals surface area contributed by atoms with Crippen LogP contribution in [0.2, 0.25) is 0 Å². The van der Waals surface area contributed by atoms with Gasteiger partial charge in [-0.05, 0) is 80.3 Å². The molecule has 41 heavy (non-hydrogen) atoms. The molecule has 0 spiro atoms. The normalized spacial score (nSPS) is 15.9. The quantitative estimate of drug-likeness (QED) is 0.297. The Balaban J connectivity index is 1.32. The first-order chi connectivity index (χ1) is 19.5. The number of nitrogens with zero attached hydrogens (tertiary/aromatic N) is 5. The number of sulfonamides is 1. The smallest absolute Gasteiger partial charge is 0.255 e. The lowest BCUT2D eigenvalue weighted by molar-refractivity contribution is 0.102. The third kappa shape index (κ3) is 5.31. The Bertz CT molecular complexity index is 1780. The molecule has 0 radical (unpaired) electrons. The van der Waals surface area contributed by atoms with E-state index in [-0.39, 0.29) is 22.8 Å². The van der Waals surface area contributed by atoms with Crippen LogP contribution in [0.15, 0.2) is 42.7 Å². The second-order valence-electron chi connectivity index (χ2n) is 11.4. The average molecular weight is 576 g/mol. The van der Waals surface area contributed by atoms with Gasteiger partial charge in [0.25, 0.3) is 5.91 Å². The van der Waals surface area contributed by atoms with E-state index in [0.717, 1.165) is 54.6 Å². The molecule has 0 saturated heterocycles. The third-order valence-corrected chi connectivity index (χ3v) is 8.51. The van der Waals surface area contributed by atoms with Crippen LogP contribution in [0.1, 0.15) is 71.5 Å². The van der Waals surface area contributed by atoms with Gasteiger partial charge in [0.2, 0.25) is 10.0 Å². The summed E-state index contributed by atoms with van der Waals surface area (Å²) in [6.07, 6.45) is 9.09. The molecule has 2 saturated carbocycles. The van der Waals surface area contributed by atoms with Crippen molar-refractivity contribution in [3.63, 3.8) is 0 Å². The first-order valence-corrected chi connectivity index (χ1v) is 15.4. The monoisotopic (exact) mass is 575 g/mol. The first-order valence-electron chi connectivity index (χ1n) is 13.6. The van der Waals surface area contributed by atoms with Gasteiger partial charge in [0, 0.05) is 23.4 Å². The summed E-state index contributed by atoms with van der Waals surface area (Å²) in [5, 5.41) is 11.7. The number of carbonyl (C=O) groups excluding carboxylic acids is 1. The van der Waals surface area contributed by atoms with Crippen LogP contribution in [-0.2, 0) is 15.4 Å². The van der Waals surface area contributed by atoms with Crippen LogP contribution in [-0.4, -0.2) is 52.2 Å². The van der Waals surface area contributed by atoms with Crippen molar-refractivity contribution in [2.75, 3.05) is 23.4 Å². The van der Waals surface area contributed by atoms with Gasteiger partial charge in [-0.25, -0.2) is 18.1 Å². The number of hydrogen-bond donors (Lipinski definition) is 2. The van der Waals surface area contributed by atoms with Crippen LogP contribution in [0.25, 0.3) is 11.5 Å². The summed E-state index contributed by atoms with van der Waals surface area (Å²) in [5.41, 5.74) is 4.72. The van der Waals surface area contributed by atoms with Gasteiger partial charge in [-0.2, -0.15) is 0 Å². The first kappa shape index (κ1) is 27.0. The largest absolute Gasteiger partial charge is 0.492 e. The molecule has 2 aliphatic carbocycles. The lowest BCUT2D eigenvalue weighted by Gasteiger charge is -2.19. The van der Waals surface area contributed by atoms with Crippen molar-refractivity contribution < 1.29 is 17.9 Å². The van der Waals surface area contributed by atoms with Gasteiger partial charge in [-0.3, -0.25) is 14.1 Å². The molecule has 0 bridgehead atoms. The van der Waals surface area contributed by atoms with E-state index in [1.54, 1.807) is 22.9 Å². The Kier molecular flexibility index (Phi) is 6.40. The number of carbonyl (C=O) groups is 1. The molecule has 1 amide bonds. The van der Waals surface area contributed by atoms with Gasteiger partial charge in [-0.15, -0.1) is 5.10 Å². The second-order valence-corrected chi connectivity index (χ2v) is 13.1. The fraction of sp³-hybridized carbons (Fsp3) is 0.379. The highest BCUT2D eigenvalue weighted by molar-refractivity contribution is 7.92. The molecule has 0 unspecified atom stereocenters. The zero-order valence-corrected chi connectivity index (χ0v) is 24.5. The molecular formula is C29H33N7O4S. The SMILES string of the molecule is COc1c(NC(=O)c2ccc(C)c(-n3cc(-n4c(C5CC5)cnc4C)nn3)c2)cc(C2(C)CC2)cc1NS(C)(=O)=O. The molecule has 2 N–H and O–H groups in total. The van der Waals surface area contributed by atoms with Crippen LogP contribution in [0, 0.1) is 13.8 Å². The molecular weight excluding hydrogens is 542 g/mol. The zero-order chi connectivity index (χ0) is 29.1. The summed E-state index contributed by atoms with van der Waals surface area (Å²) in [6, 6.07) is 9.01. The maximum Gasteiger partial charge on any atom is 0.255 e. The van der Waals surface area contributed by atoms with E-state index in [9.17, 15) is 13.2 Å². The van der Waals surface area contributed by atoms with E-state index in [1.165, 1.54) is 7.11 Å². The van der Waals surface area contributed by atoms with Gasteiger partial charge in [-0.1, -0.05) is 18.2 Å². The minimum atomic E-state index is -3.58. The molecule has 11 nitrogen and oxygen atoms in total. The van der Waals surface area contributed by atoms with E-state index in [1.807, 2.05) is 42.9 Å². The lowest BCUT2D eigenvalue weighted by atomic mass is 9.96. The van der Waals surface area contributed by atoms with Crippen LogP contribution < -0.4 is 14.8 Å². The fourth-order valence-electron chi connectivity index (χ4n) is 5.14. The van der Waals surface area contributed by atoms with E-state index >= 15 is 0 Å². The average Bonchev–Trinajstić information content (AvgIpc) is 3.81. The van der Waals surface area contributed by atoms with Crippen molar-refractivity contribution in [1.29, 1.82) is 0 Å². The topological polar surface area (TPSA) is 133 Å². The van der Waals surface area contributed by atoms with E-state index < -0.39 is 10.0 Å². The molecule has 4 aromatic rings. The molecule has 2 aromatic carbocycles. The van der Waals surface area contributed by atoms with Crippen LogP contribution in [0.4, 0.5) is 11.4 Å². The molecule has 2 aromatic heterocycles. The molecule has 2 heterocycles. The Labute approximate surface area is 239 Å². The van der Waals surface area contributed by atoms with Gasteiger partial charge in [0.05, 0.1) is 36.6 Å². The molecule has 214 valence electrons. The molecule has 2 fully saturated rings. The summed E-state index contributed by atoms with van der Waals surface area (Å²) < 4.78 is 36.0. The predicted octanol–water partition coefficient (Wildman–Crippen LogP) is 4.63. The summed E-state index contributed by atoms with van der Waals surface area (Å²) in [5.74, 6) is 1.91. The standard InChI is InChI=1S/C29H33N7O4S/c1-17-6-7-20(12-24(17)35-16-26(32-34-35)36-18(2)30-15-25(36)19-8-9-19)28(37)31-22-13-21(29(3)10-11-29)14-23(27(22)40-4)33-41(5,38)39/h6-7,12-16,19,33H,8-11H2,1-5H3,(H,31,37). The number of nitrogens with one attached hydrogen (secondary N) is 2. The molecule has 2 aliphatic rings. The Morgan fingerprint density at radius 2 is 1.85 bits per heavy atom. The fourth-order valence-corrected chi connectivity index (χ4v) is 5.69. The lowest BCUT2D eigenvalue weighted by Crippen LogP contribution is -2.17. The number of hydrogen-bond acceptors (Lipinski definition) is 7. The number of amides is 1. The van der Waals surface area contributed by atoms with Crippen molar-refractivity contribution >= 4 is 27.3 Å². The van der Waals surface area contributed by atoms with Gasteiger partial charge >= 0.3 is 0 Å². The van der Waals surface area contributed by atoms with E-state index in [4.69, 9.17) is 4.74 Å². The highest BCUT2D eigenvalue weighted by atomic mass is 32.2. The zero-order valence-electron chi connectivity index (χ0n) is 23.7. The van der Waals surface area contributed by atoms with Gasteiger partial charge < -0.3 is 10.1 Å². The summed E-state index contributed by atoms with van der Waals surface area (Å²) in [4.78, 5) is 18.0. The number of benzene rings is 2. The minimum absolute atomic E-state index is 0.0749. The summed E-state index contributed by atoms with van der Waals surface area (Å²) >= 11 is 0. The Morgan fingerprint density at radius 1 is 1.12 bits per heavy atom. The van der Waals surface area contributed by atoms with Crippen molar-refractivity contribution in [3.05, 3.63) is 70.9 Å². The van der Waals surface area contributed by atoms with Crippen molar-refractivity contribution in [2.24, 2.45) is 0 Å².